The smallest absolute Gasteiger partial charge is 0.135 e. The Morgan fingerprint density at radius 1 is 0.379 bits per heavy atom. The molecule has 0 radical (unpaired) electrons. The van der Waals surface area contributed by atoms with Crippen LogP contribution in [0.3, 0.4) is 0 Å². The number of thiophene rings is 1. The lowest BCUT2D eigenvalue weighted by atomic mass is 9.67. The molecule has 1 aliphatic rings. The molecule has 2 aromatic heterocycles. The molecule has 9 aromatic carbocycles. The van der Waals surface area contributed by atoms with Gasteiger partial charge in [-0.05, 0) is 99.6 Å². The second-order valence-corrected chi connectivity index (χ2v) is 16.3. The molecule has 2 nitrogen and oxygen atoms in total. The minimum atomic E-state index is -0.522. The van der Waals surface area contributed by atoms with Gasteiger partial charge in [-0.3, -0.25) is 0 Å². The minimum absolute atomic E-state index is 0.522. The molecule has 0 bridgehead atoms. The fraction of sp³-hybridized carbons (Fsp3) is 0.0182. The molecule has 3 heteroatoms. The van der Waals surface area contributed by atoms with Crippen molar-refractivity contribution in [2.24, 2.45) is 0 Å². The largest absolute Gasteiger partial charge is 0.456 e. The normalized spacial score (nSPS) is 13.0. The third kappa shape index (κ3) is 4.84. The lowest BCUT2D eigenvalue weighted by Gasteiger charge is -2.35. The molecule has 272 valence electrons. The summed E-state index contributed by atoms with van der Waals surface area (Å²) in [5.74, 6) is 0. The van der Waals surface area contributed by atoms with Gasteiger partial charge in [0.1, 0.15) is 11.2 Å². The van der Waals surface area contributed by atoms with E-state index in [0.717, 1.165) is 44.6 Å². The van der Waals surface area contributed by atoms with Gasteiger partial charge in [0.05, 0.1) is 11.1 Å². The van der Waals surface area contributed by atoms with Crippen LogP contribution in [0.1, 0.15) is 22.3 Å². The van der Waals surface area contributed by atoms with Crippen molar-refractivity contribution in [3.8, 4) is 22.3 Å². The van der Waals surface area contributed by atoms with Crippen molar-refractivity contribution in [2.75, 3.05) is 4.90 Å². The van der Waals surface area contributed by atoms with E-state index in [0.29, 0.717) is 0 Å². The Hall–Kier alpha value is -7.20. The Morgan fingerprint density at radius 2 is 0.983 bits per heavy atom. The highest BCUT2D eigenvalue weighted by Crippen LogP contribution is 2.57. The Morgan fingerprint density at radius 3 is 1.81 bits per heavy atom. The molecule has 0 saturated carbocycles. The summed E-state index contributed by atoms with van der Waals surface area (Å²) in [5, 5.41) is 4.79. The number of para-hydroxylation sites is 2. The fourth-order valence-electron chi connectivity index (χ4n) is 9.66. The first-order chi connectivity index (χ1) is 28.8. The summed E-state index contributed by atoms with van der Waals surface area (Å²) in [7, 11) is 0. The van der Waals surface area contributed by atoms with Gasteiger partial charge in [-0.1, -0.05) is 152 Å². The average Bonchev–Trinajstić information content (AvgIpc) is 3.95. The number of benzene rings is 9. The van der Waals surface area contributed by atoms with Gasteiger partial charge in [0.2, 0.25) is 0 Å². The number of anilines is 3. The maximum absolute atomic E-state index is 6.36. The highest BCUT2D eigenvalue weighted by Gasteiger charge is 2.46. The molecule has 0 unspecified atom stereocenters. The second-order valence-electron chi connectivity index (χ2n) is 15.2. The van der Waals surface area contributed by atoms with Crippen LogP contribution in [0.2, 0.25) is 0 Å². The molecule has 0 atom stereocenters. The second kappa shape index (κ2) is 12.9. The monoisotopic (exact) mass is 757 g/mol. The summed E-state index contributed by atoms with van der Waals surface area (Å²) in [4.78, 5) is 2.45. The third-order valence-electron chi connectivity index (χ3n) is 12.2. The van der Waals surface area contributed by atoms with Crippen molar-refractivity contribution < 1.29 is 4.42 Å². The van der Waals surface area contributed by atoms with E-state index in [1.807, 2.05) is 17.4 Å². The molecule has 0 aliphatic heterocycles. The minimum Gasteiger partial charge on any atom is -0.456 e. The van der Waals surface area contributed by atoms with Crippen molar-refractivity contribution in [1.29, 1.82) is 0 Å². The Balaban J connectivity index is 1.14. The predicted molar refractivity (Wildman–Crippen MR) is 244 cm³/mol. The number of rotatable bonds is 6. The number of hydrogen-bond acceptors (Lipinski definition) is 3. The predicted octanol–water partition coefficient (Wildman–Crippen LogP) is 15.5. The Bertz CT molecular complexity index is 3320. The maximum atomic E-state index is 6.36. The van der Waals surface area contributed by atoms with Gasteiger partial charge in [0.25, 0.3) is 0 Å². The van der Waals surface area contributed by atoms with E-state index in [9.17, 15) is 0 Å². The highest BCUT2D eigenvalue weighted by molar-refractivity contribution is 7.25. The molecular weight excluding hydrogens is 723 g/mol. The van der Waals surface area contributed by atoms with E-state index in [4.69, 9.17) is 4.42 Å². The molecule has 0 N–H and O–H groups in total. The van der Waals surface area contributed by atoms with Crippen LogP contribution in [-0.2, 0) is 5.41 Å². The maximum Gasteiger partial charge on any atom is 0.135 e. The number of furan rings is 1. The molecule has 1 aliphatic carbocycles. The van der Waals surface area contributed by atoms with Crippen molar-refractivity contribution in [2.45, 2.75) is 5.41 Å². The SMILES string of the molecule is c1ccc(C2(c3ccccc3)c3ccccc3-c3ccc(N(c4ccc5oc6ccccc6c5c4)c4ccccc4-c4ccc5sc6ccccc6c5c4)cc32)cc1. The molecule has 0 saturated heterocycles. The summed E-state index contributed by atoms with van der Waals surface area (Å²) < 4.78 is 8.97. The summed E-state index contributed by atoms with van der Waals surface area (Å²) in [6, 6.07) is 77.7. The van der Waals surface area contributed by atoms with E-state index in [1.165, 1.54) is 59.1 Å². The molecule has 11 aromatic rings. The fourth-order valence-corrected chi connectivity index (χ4v) is 10.7. The van der Waals surface area contributed by atoms with Crippen LogP contribution in [0.5, 0.6) is 0 Å². The Labute approximate surface area is 340 Å². The molecule has 0 fully saturated rings. The third-order valence-corrected chi connectivity index (χ3v) is 13.3. The van der Waals surface area contributed by atoms with Crippen molar-refractivity contribution in [3.63, 3.8) is 0 Å². The van der Waals surface area contributed by atoms with Crippen molar-refractivity contribution >= 4 is 70.5 Å². The van der Waals surface area contributed by atoms with Crippen LogP contribution in [0.25, 0.3) is 64.4 Å². The summed E-state index contributed by atoms with van der Waals surface area (Å²) in [5.41, 5.74) is 14.4. The van der Waals surface area contributed by atoms with Gasteiger partial charge >= 0.3 is 0 Å². The van der Waals surface area contributed by atoms with E-state index in [2.05, 4.69) is 211 Å². The topological polar surface area (TPSA) is 16.4 Å². The standard InChI is InChI=1S/C55H35NOS/c1-3-15-37(16-4-1)55(38-17-5-2-6-18-38)48-23-11-7-20-42(48)43-30-28-40(35-49(43)55)56(39-29-31-52-46(34-39)44-21-9-13-25-51(44)57-52)50-24-12-8-19-41(50)36-27-32-54-47(33-36)45-22-10-14-26-53(45)58-54/h1-35H. The number of hydrogen-bond donors (Lipinski definition) is 0. The molecule has 12 rings (SSSR count). The summed E-state index contributed by atoms with van der Waals surface area (Å²) in [6.45, 7) is 0. The lowest BCUT2D eigenvalue weighted by Crippen LogP contribution is -2.28. The van der Waals surface area contributed by atoms with Crippen molar-refractivity contribution in [3.05, 3.63) is 235 Å². The number of fused-ring (bicyclic) bond motifs is 9. The summed E-state index contributed by atoms with van der Waals surface area (Å²) >= 11 is 1.86. The van der Waals surface area contributed by atoms with E-state index in [1.54, 1.807) is 0 Å². The van der Waals surface area contributed by atoms with Crippen LogP contribution < -0.4 is 4.90 Å². The molecule has 2 heterocycles. The van der Waals surface area contributed by atoms with Gasteiger partial charge in [0.15, 0.2) is 0 Å². The highest BCUT2D eigenvalue weighted by atomic mass is 32.1. The first-order valence-electron chi connectivity index (χ1n) is 19.8. The molecule has 58 heavy (non-hydrogen) atoms. The zero-order valence-corrected chi connectivity index (χ0v) is 32.3. The van der Waals surface area contributed by atoms with Gasteiger partial charge in [-0.2, -0.15) is 0 Å². The molecule has 0 spiro atoms. The van der Waals surface area contributed by atoms with E-state index >= 15 is 0 Å². The van der Waals surface area contributed by atoms with Crippen LogP contribution >= 0.6 is 11.3 Å². The van der Waals surface area contributed by atoms with Crippen LogP contribution in [0, 0.1) is 0 Å². The van der Waals surface area contributed by atoms with Crippen LogP contribution in [-0.4, -0.2) is 0 Å². The average molecular weight is 758 g/mol. The zero-order chi connectivity index (χ0) is 38.2. The van der Waals surface area contributed by atoms with E-state index < -0.39 is 5.41 Å². The van der Waals surface area contributed by atoms with Gasteiger partial charge in [-0.25, -0.2) is 0 Å². The lowest BCUT2D eigenvalue weighted by molar-refractivity contribution is 0.669. The molecule has 0 amide bonds. The first kappa shape index (κ1) is 33.0. The van der Waals surface area contributed by atoms with Crippen LogP contribution in [0.4, 0.5) is 17.1 Å². The quantitative estimate of drug-likeness (QED) is 0.168. The van der Waals surface area contributed by atoms with Gasteiger partial charge in [0, 0.05) is 47.9 Å². The summed E-state index contributed by atoms with van der Waals surface area (Å²) in [6.07, 6.45) is 0. The van der Waals surface area contributed by atoms with Crippen molar-refractivity contribution in [1.82, 2.24) is 0 Å². The van der Waals surface area contributed by atoms with Gasteiger partial charge < -0.3 is 9.32 Å². The zero-order valence-electron chi connectivity index (χ0n) is 31.5. The van der Waals surface area contributed by atoms with Gasteiger partial charge in [-0.15, -0.1) is 11.3 Å². The first-order valence-corrected chi connectivity index (χ1v) is 20.6. The molecular formula is C55H35NOS. The number of nitrogens with zero attached hydrogens (tertiary/aromatic N) is 1. The Kier molecular flexibility index (Phi) is 7.35. The van der Waals surface area contributed by atoms with Crippen LogP contribution in [0.15, 0.2) is 217 Å². The van der Waals surface area contributed by atoms with E-state index in [-0.39, 0.29) is 0 Å².